The molecule has 0 saturated heterocycles. The Bertz CT molecular complexity index is 624. The normalized spacial score (nSPS) is 16.6. The highest BCUT2D eigenvalue weighted by Gasteiger charge is 2.22. The van der Waals surface area contributed by atoms with Gasteiger partial charge in [0.2, 0.25) is 10.0 Å². The Kier molecular flexibility index (Phi) is 5.11. The molecule has 1 aromatic rings. The Morgan fingerprint density at radius 2 is 1.95 bits per heavy atom. The molecule has 0 amide bonds. The number of benzene rings is 1. The first-order valence-corrected chi connectivity index (χ1v) is 8.94. The Labute approximate surface area is 129 Å². The maximum absolute atomic E-state index is 12.2. The van der Waals surface area contributed by atoms with Crippen LogP contribution in [0.5, 0.6) is 0 Å². The standard InChI is InChI=1S/C14H18ClNO4S/c15-12-8-11(14(17)18)6-7-13(12)16-21(19,20)9-10-4-2-1-3-5-10/h6-8,10,16H,1-5,9H2,(H,17,18). The zero-order valence-electron chi connectivity index (χ0n) is 11.5. The molecule has 116 valence electrons. The van der Waals surface area contributed by atoms with Gasteiger partial charge in [-0.3, -0.25) is 4.72 Å². The van der Waals surface area contributed by atoms with Crippen LogP contribution in [0.3, 0.4) is 0 Å². The summed E-state index contributed by atoms with van der Waals surface area (Å²) in [5.74, 6) is -0.828. The van der Waals surface area contributed by atoms with Crippen LogP contribution >= 0.6 is 11.6 Å². The first-order chi connectivity index (χ1) is 9.87. The minimum atomic E-state index is -3.47. The molecule has 1 fully saturated rings. The molecule has 1 saturated carbocycles. The van der Waals surface area contributed by atoms with Crippen LogP contribution in [0.1, 0.15) is 42.5 Å². The number of carbonyl (C=O) groups is 1. The molecule has 21 heavy (non-hydrogen) atoms. The third-order valence-electron chi connectivity index (χ3n) is 3.66. The molecule has 2 N–H and O–H groups in total. The summed E-state index contributed by atoms with van der Waals surface area (Å²) >= 11 is 5.93. The summed E-state index contributed by atoms with van der Waals surface area (Å²) in [4.78, 5) is 10.8. The molecule has 0 aromatic heterocycles. The molecule has 0 spiro atoms. The van der Waals surface area contributed by atoms with Crippen molar-refractivity contribution in [3.63, 3.8) is 0 Å². The van der Waals surface area contributed by atoms with Crippen LogP contribution in [-0.2, 0) is 10.0 Å². The topological polar surface area (TPSA) is 83.5 Å². The molecule has 1 aliphatic rings. The minimum absolute atomic E-state index is 0.0234. The lowest BCUT2D eigenvalue weighted by Crippen LogP contribution is -2.24. The predicted octanol–water partition coefficient (Wildman–Crippen LogP) is 3.36. The molecule has 0 heterocycles. The van der Waals surface area contributed by atoms with E-state index in [4.69, 9.17) is 16.7 Å². The van der Waals surface area contributed by atoms with Crippen LogP contribution in [0.2, 0.25) is 5.02 Å². The smallest absolute Gasteiger partial charge is 0.335 e. The van der Waals surface area contributed by atoms with Crippen molar-refractivity contribution in [3.8, 4) is 0 Å². The van der Waals surface area contributed by atoms with Gasteiger partial charge >= 0.3 is 5.97 Å². The Morgan fingerprint density at radius 1 is 1.29 bits per heavy atom. The molecule has 7 heteroatoms. The van der Waals surface area contributed by atoms with Gasteiger partial charge in [0.25, 0.3) is 0 Å². The van der Waals surface area contributed by atoms with Crippen LogP contribution in [0.25, 0.3) is 0 Å². The second-order valence-corrected chi connectivity index (χ2v) is 7.56. The zero-order chi connectivity index (χ0) is 15.5. The molecule has 1 aliphatic carbocycles. The summed E-state index contributed by atoms with van der Waals surface area (Å²) in [6.07, 6.45) is 5.20. The number of nitrogens with one attached hydrogen (secondary N) is 1. The van der Waals surface area contributed by atoms with Crippen LogP contribution in [0.4, 0.5) is 5.69 Å². The van der Waals surface area contributed by atoms with Gasteiger partial charge in [0.15, 0.2) is 0 Å². The van der Waals surface area contributed by atoms with Gasteiger partial charge in [-0.15, -0.1) is 0 Å². The second-order valence-electron chi connectivity index (χ2n) is 5.39. The van der Waals surface area contributed by atoms with Gasteiger partial charge in [0.1, 0.15) is 0 Å². The van der Waals surface area contributed by atoms with Crippen molar-refractivity contribution in [2.24, 2.45) is 5.92 Å². The fourth-order valence-electron chi connectivity index (χ4n) is 2.60. The summed E-state index contributed by atoms with van der Waals surface area (Å²) < 4.78 is 26.8. The Morgan fingerprint density at radius 3 is 2.52 bits per heavy atom. The molecule has 0 aliphatic heterocycles. The number of carboxylic acid groups (broad SMARTS) is 1. The number of hydrogen-bond donors (Lipinski definition) is 2. The van der Waals surface area contributed by atoms with E-state index in [2.05, 4.69) is 4.72 Å². The van der Waals surface area contributed by atoms with Crippen LogP contribution in [0, 0.1) is 5.92 Å². The molecular formula is C14H18ClNO4S. The van der Waals surface area contributed by atoms with Gasteiger partial charge < -0.3 is 5.11 Å². The Hall–Kier alpha value is -1.27. The largest absolute Gasteiger partial charge is 0.478 e. The van der Waals surface area contributed by atoms with Crippen molar-refractivity contribution in [2.45, 2.75) is 32.1 Å². The third-order valence-corrected chi connectivity index (χ3v) is 5.42. The Balaban J connectivity index is 2.07. The first kappa shape index (κ1) is 16.1. The summed E-state index contributed by atoms with van der Waals surface area (Å²) in [6.45, 7) is 0. The summed E-state index contributed by atoms with van der Waals surface area (Å²) in [5.41, 5.74) is 0.243. The van der Waals surface area contributed by atoms with Crippen molar-refractivity contribution in [1.82, 2.24) is 0 Å². The summed E-state index contributed by atoms with van der Waals surface area (Å²) in [5, 5.41) is 8.94. The number of halogens is 1. The maximum Gasteiger partial charge on any atom is 0.335 e. The average molecular weight is 332 g/mol. The van der Waals surface area contributed by atoms with Gasteiger partial charge in [-0.2, -0.15) is 0 Å². The van der Waals surface area contributed by atoms with E-state index in [0.717, 1.165) is 25.7 Å². The molecule has 2 rings (SSSR count). The minimum Gasteiger partial charge on any atom is -0.478 e. The van der Waals surface area contributed by atoms with Crippen LogP contribution < -0.4 is 4.72 Å². The van der Waals surface area contributed by atoms with E-state index in [-0.39, 0.29) is 27.9 Å². The molecular weight excluding hydrogens is 314 g/mol. The van der Waals surface area contributed by atoms with Gasteiger partial charge in [-0.1, -0.05) is 30.9 Å². The summed E-state index contributed by atoms with van der Waals surface area (Å²) in [7, 11) is -3.47. The molecule has 0 radical (unpaired) electrons. The highest BCUT2D eigenvalue weighted by atomic mass is 35.5. The predicted molar refractivity (Wildman–Crippen MR) is 82.4 cm³/mol. The number of carboxylic acids is 1. The highest BCUT2D eigenvalue weighted by Crippen LogP contribution is 2.27. The van der Waals surface area contributed by atoms with Crippen molar-refractivity contribution < 1.29 is 18.3 Å². The van der Waals surface area contributed by atoms with E-state index in [1.54, 1.807) is 0 Å². The van der Waals surface area contributed by atoms with Gasteiger partial charge in [0, 0.05) is 0 Å². The van der Waals surface area contributed by atoms with Crippen molar-refractivity contribution in [2.75, 3.05) is 10.5 Å². The lowest BCUT2D eigenvalue weighted by Gasteiger charge is -2.21. The van der Waals surface area contributed by atoms with E-state index in [1.807, 2.05) is 0 Å². The molecule has 5 nitrogen and oxygen atoms in total. The fourth-order valence-corrected chi connectivity index (χ4v) is 4.44. The van der Waals surface area contributed by atoms with Crippen LogP contribution in [-0.4, -0.2) is 25.2 Å². The summed E-state index contributed by atoms with van der Waals surface area (Å²) in [6, 6.07) is 3.94. The number of anilines is 1. The van der Waals surface area contributed by atoms with E-state index >= 15 is 0 Å². The molecule has 0 unspecified atom stereocenters. The molecule has 0 bridgehead atoms. The van der Waals surface area contributed by atoms with Gasteiger partial charge in [0.05, 0.1) is 22.0 Å². The second kappa shape index (κ2) is 6.66. The lowest BCUT2D eigenvalue weighted by molar-refractivity contribution is 0.0697. The van der Waals surface area contributed by atoms with Gasteiger partial charge in [-0.05, 0) is 37.0 Å². The van der Waals surface area contributed by atoms with E-state index in [0.29, 0.717) is 0 Å². The monoisotopic (exact) mass is 331 g/mol. The maximum atomic E-state index is 12.2. The average Bonchev–Trinajstić information content (AvgIpc) is 2.41. The van der Waals surface area contributed by atoms with Crippen LogP contribution in [0.15, 0.2) is 18.2 Å². The third kappa shape index (κ3) is 4.61. The van der Waals surface area contributed by atoms with E-state index in [1.165, 1.54) is 24.6 Å². The highest BCUT2D eigenvalue weighted by molar-refractivity contribution is 7.92. The quantitative estimate of drug-likeness (QED) is 0.866. The lowest BCUT2D eigenvalue weighted by atomic mass is 9.91. The van der Waals surface area contributed by atoms with E-state index in [9.17, 15) is 13.2 Å². The van der Waals surface area contributed by atoms with Crippen molar-refractivity contribution >= 4 is 33.3 Å². The SMILES string of the molecule is O=C(O)c1ccc(NS(=O)(=O)CC2CCCCC2)c(Cl)c1. The number of sulfonamides is 1. The zero-order valence-corrected chi connectivity index (χ0v) is 13.1. The van der Waals surface area contributed by atoms with E-state index < -0.39 is 16.0 Å². The molecule has 1 aromatic carbocycles. The first-order valence-electron chi connectivity index (χ1n) is 6.91. The number of rotatable bonds is 5. The van der Waals surface area contributed by atoms with Crippen molar-refractivity contribution in [3.05, 3.63) is 28.8 Å². The fraction of sp³-hybridized carbons (Fsp3) is 0.500. The van der Waals surface area contributed by atoms with Crippen molar-refractivity contribution in [1.29, 1.82) is 0 Å². The number of aromatic carboxylic acids is 1. The number of hydrogen-bond acceptors (Lipinski definition) is 3. The van der Waals surface area contributed by atoms with Gasteiger partial charge in [-0.25, -0.2) is 13.2 Å². The molecule has 0 atom stereocenters.